The molecule has 0 bridgehead atoms. The maximum Gasteiger partial charge on any atom is 0.289 e. The van der Waals surface area contributed by atoms with Gasteiger partial charge in [-0.1, -0.05) is 18.2 Å². The van der Waals surface area contributed by atoms with Crippen LogP contribution in [-0.4, -0.2) is 43.4 Å². The van der Waals surface area contributed by atoms with Gasteiger partial charge in [0.1, 0.15) is 0 Å². The molecule has 1 saturated heterocycles. The fraction of sp³-hybridized carbons (Fsp3) is 0.455. The van der Waals surface area contributed by atoms with Crippen LogP contribution in [0.15, 0.2) is 41.0 Å². The molecule has 6 heteroatoms. The van der Waals surface area contributed by atoms with Crippen molar-refractivity contribution in [2.24, 2.45) is 5.92 Å². The van der Waals surface area contributed by atoms with Gasteiger partial charge in [0.2, 0.25) is 5.91 Å². The van der Waals surface area contributed by atoms with Crippen molar-refractivity contribution >= 4 is 17.5 Å². The number of carbonyl (C=O) groups excluding carboxylic acids is 2. The third-order valence-corrected chi connectivity index (χ3v) is 5.90. The lowest BCUT2D eigenvalue weighted by atomic mass is 9.93. The Hall–Kier alpha value is -2.60. The normalized spacial score (nSPS) is 17.2. The number of piperidine rings is 1. The highest BCUT2D eigenvalue weighted by molar-refractivity contribution is 6.01. The number of nitrogens with zero attached hydrogens (tertiary/aromatic N) is 2. The van der Waals surface area contributed by atoms with Crippen LogP contribution in [0.3, 0.4) is 0 Å². The van der Waals surface area contributed by atoms with Gasteiger partial charge in [-0.15, -0.1) is 0 Å². The minimum Gasteiger partial charge on any atom is -0.459 e. The second-order valence-corrected chi connectivity index (χ2v) is 7.69. The largest absolute Gasteiger partial charge is 0.459 e. The van der Waals surface area contributed by atoms with Crippen molar-refractivity contribution in [3.8, 4) is 0 Å². The van der Waals surface area contributed by atoms with Gasteiger partial charge in [-0.2, -0.15) is 0 Å². The Balaban J connectivity index is 1.44. The molecule has 2 aliphatic heterocycles. The molecule has 2 aromatic rings. The van der Waals surface area contributed by atoms with Crippen LogP contribution in [0.2, 0.25) is 0 Å². The zero-order valence-electron chi connectivity index (χ0n) is 16.3. The van der Waals surface area contributed by atoms with Crippen LogP contribution in [0, 0.1) is 5.92 Å². The summed E-state index contributed by atoms with van der Waals surface area (Å²) in [5.74, 6) is 1.04. The third kappa shape index (κ3) is 3.69. The number of benzene rings is 1. The highest BCUT2D eigenvalue weighted by Gasteiger charge is 2.31. The number of furan rings is 1. The number of nitrogens with one attached hydrogen (secondary N) is 1. The smallest absolute Gasteiger partial charge is 0.289 e. The van der Waals surface area contributed by atoms with Gasteiger partial charge in [0.15, 0.2) is 5.76 Å². The highest BCUT2D eigenvalue weighted by Crippen LogP contribution is 2.31. The number of fused-ring (bicyclic) bond motifs is 1. The number of hydrogen-bond donors (Lipinski definition) is 1. The van der Waals surface area contributed by atoms with Crippen LogP contribution in [0.25, 0.3) is 0 Å². The number of hydrogen-bond acceptors (Lipinski definition) is 4. The molecular formula is C22H27N3O3. The zero-order valence-corrected chi connectivity index (χ0v) is 16.3. The van der Waals surface area contributed by atoms with Crippen molar-refractivity contribution in [3.63, 3.8) is 0 Å². The van der Waals surface area contributed by atoms with E-state index in [1.165, 1.54) is 0 Å². The monoisotopic (exact) mass is 381 g/mol. The minimum absolute atomic E-state index is 0.0612. The van der Waals surface area contributed by atoms with Crippen LogP contribution in [0.5, 0.6) is 0 Å². The fourth-order valence-corrected chi connectivity index (χ4v) is 4.22. The maximum absolute atomic E-state index is 13.0. The van der Waals surface area contributed by atoms with E-state index >= 15 is 0 Å². The van der Waals surface area contributed by atoms with Crippen molar-refractivity contribution in [2.45, 2.75) is 32.2 Å². The summed E-state index contributed by atoms with van der Waals surface area (Å²) >= 11 is 0. The molecule has 1 fully saturated rings. The summed E-state index contributed by atoms with van der Waals surface area (Å²) < 4.78 is 5.57. The SMILES string of the molecule is CNCCC1CCN(C(=O)c2occc2CN2C(=O)Cc3ccccc32)CC1. The van der Waals surface area contributed by atoms with Gasteiger partial charge in [0, 0.05) is 24.3 Å². The van der Waals surface area contributed by atoms with E-state index in [0.717, 1.165) is 55.7 Å². The third-order valence-electron chi connectivity index (χ3n) is 5.90. The van der Waals surface area contributed by atoms with Crippen LogP contribution >= 0.6 is 0 Å². The summed E-state index contributed by atoms with van der Waals surface area (Å²) in [5, 5.41) is 3.20. The molecule has 6 nitrogen and oxygen atoms in total. The minimum atomic E-state index is -0.0630. The first-order valence-electron chi connectivity index (χ1n) is 10.1. The molecule has 4 rings (SSSR count). The van der Waals surface area contributed by atoms with E-state index in [4.69, 9.17) is 4.42 Å². The molecule has 0 spiro atoms. The predicted molar refractivity (Wildman–Crippen MR) is 107 cm³/mol. The Morgan fingerprint density at radius 2 is 2.00 bits per heavy atom. The summed E-state index contributed by atoms with van der Waals surface area (Å²) in [7, 11) is 1.97. The second kappa shape index (κ2) is 8.19. The Morgan fingerprint density at radius 1 is 1.21 bits per heavy atom. The number of amides is 2. The van der Waals surface area contributed by atoms with Gasteiger partial charge in [0.05, 0.1) is 19.2 Å². The van der Waals surface area contributed by atoms with Gasteiger partial charge in [0.25, 0.3) is 5.91 Å². The van der Waals surface area contributed by atoms with Crippen LogP contribution < -0.4 is 10.2 Å². The van der Waals surface area contributed by atoms with Gasteiger partial charge >= 0.3 is 0 Å². The Kier molecular flexibility index (Phi) is 5.48. The molecule has 1 aromatic carbocycles. The quantitative estimate of drug-likeness (QED) is 0.836. The average molecular weight is 381 g/mol. The molecule has 1 N–H and O–H groups in total. The van der Waals surface area contributed by atoms with E-state index in [1.54, 1.807) is 17.2 Å². The molecule has 2 amide bonds. The molecule has 28 heavy (non-hydrogen) atoms. The summed E-state index contributed by atoms with van der Waals surface area (Å²) in [6, 6.07) is 9.62. The molecule has 148 valence electrons. The standard InChI is InChI=1S/C22H27N3O3/c1-23-10-6-16-7-11-24(12-8-16)22(27)21-18(9-13-28-21)15-25-19-5-3-2-4-17(19)14-20(25)26/h2-5,9,13,16,23H,6-8,10-12,14-15H2,1H3. The molecule has 0 saturated carbocycles. The topological polar surface area (TPSA) is 65.8 Å². The van der Waals surface area contributed by atoms with E-state index < -0.39 is 0 Å². The Bertz CT molecular complexity index is 852. The van der Waals surface area contributed by atoms with Gasteiger partial charge in [-0.3, -0.25) is 9.59 Å². The summed E-state index contributed by atoms with van der Waals surface area (Å²) in [6.45, 7) is 2.91. The molecule has 0 radical (unpaired) electrons. The van der Waals surface area contributed by atoms with Crippen molar-refractivity contribution in [1.29, 1.82) is 0 Å². The van der Waals surface area contributed by atoms with E-state index in [0.29, 0.717) is 24.6 Å². The van der Waals surface area contributed by atoms with Crippen LogP contribution in [-0.2, 0) is 17.8 Å². The van der Waals surface area contributed by atoms with E-state index in [2.05, 4.69) is 5.32 Å². The number of likely N-dealkylation sites (tertiary alicyclic amines) is 1. The highest BCUT2D eigenvalue weighted by atomic mass is 16.3. The first-order chi connectivity index (χ1) is 13.7. The molecule has 2 aliphatic rings. The van der Waals surface area contributed by atoms with Crippen LogP contribution in [0.4, 0.5) is 5.69 Å². The number of carbonyl (C=O) groups is 2. The molecular weight excluding hydrogens is 354 g/mol. The predicted octanol–water partition coefficient (Wildman–Crippen LogP) is 2.83. The number of rotatable bonds is 6. The van der Waals surface area contributed by atoms with Crippen molar-refractivity contribution in [3.05, 3.63) is 53.5 Å². The second-order valence-electron chi connectivity index (χ2n) is 7.69. The first kappa shape index (κ1) is 18.7. The van der Waals surface area contributed by atoms with Gasteiger partial charge in [-0.25, -0.2) is 0 Å². The Labute approximate surface area is 165 Å². The number of para-hydroxylation sites is 1. The molecule has 0 atom stereocenters. The fourth-order valence-electron chi connectivity index (χ4n) is 4.22. The summed E-state index contributed by atoms with van der Waals surface area (Å²) in [6.07, 6.45) is 5.18. The van der Waals surface area contributed by atoms with E-state index in [1.807, 2.05) is 36.2 Å². The first-order valence-corrected chi connectivity index (χ1v) is 10.1. The summed E-state index contributed by atoms with van der Waals surface area (Å²) in [5.41, 5.74) is 2.73. The lowest BCUT2D eigenvalue weighted by Gasteiger charge is -2.31. The molecule has 3 heterocycles. The lowest BCUT2D eigenvalue weighted by molar-refractivity contribution is -0.117. The molecule has 1 aromatic heterocycles. The van der Waals surface area contributed by atoms with Crippen LogP contribution in [0.1, 0.15) is 40.9 Å². The average Bonchev–Trinajstić information content (AvgIpc) is 3.31. The van der Waals surface area contributed by atoms with E-state index in [9.17, 15) is 9.59 Å². The van der Waals surface area contributed by atoms with E-state index in [-0.39, 0.29) is 11.8 Å². The molecule has 0 aliphatic carbocycles. The van der Waals surface area contributed by atoms with Gasteiger partial charge in [-0.05, 0) is 56.5 Å². The summed E-state index contributed by atoms with van der Waals surface area (Å²) in [4.78, 5) is 29.1. The van der Waals surface area contributed by atoms with Crippen molar-refractivity contribution in [2.75, 3.05) is 31.6 Å². The lowest BCUT2D eigenvalue weighted by Crippen LogP contribution is -2.39. The maximum atomic E-state index is 13.0. The van der Waals surface area contributed by atoms with Crippen molar-refractivity contribution in [1.82, 2.24) is 10.2 Å². The Morgan fingerprint density at radius 3 is 2.79 bits per heavy atom. The molecule has 0 unspecified atom stereocenters. The number of anilines is 1. The van der Waals surface area contributed by atoms with Crippen molar-refractivity contribution < 1.29 is 14.0 Å². The zero-order chi connectivity index (χ0) is 19.5. The van der Waals surface area contributed by atoms with Gasteiger partial charge < -0.3 is 19.5 Å².